The number of rotatable bonds is 20. The van der Waals surface area contributed by atoms with Gasteiger partial charge in [-0.1, -0.05) is 92.2 Å². The van der Waals surface area contributed by atoms with Crippen molar-refractivity contribution in [3.63, 3.8) is 0 Å². The number of imide groups is 2. The van der Waals surface area contributed by atoms with E-state index in [-0.39, 0.29) is 73.4 Å². The second kappa shape index (κ2) is 27.1. The summed E-state index contributed by atoms with van der Waals surface area (Å²) in [6.45, 7) is 25.5. The highest BCUT2D eigenvalue weighted by molar-refractivity contribution is 6.24. The van der Waals surface area contributed by atoms with Crippen LogP contribution in [-0.4, -0.2) is 113 Å². The molecule has 6 aliphatic heterocycles. The summed E-state index contributed by atoms with van der Waals surface area (Å²) >= 11 is 0. The highest BCUT2D eigenvalue weighted by Gasteiger charge is 2.43. The number of hydrogen-bond acceptors (Lipinski definition) is 12. The number of ether oxygens (including phenoxy) is 2. The number of aromatic amines is 4. The Hall–Kier alpha value is -9.32. The lowest BCUT2D eigenvalue weighted by Gasteiger charge is -2.27. The van der Waals surface area contributed by atoms with E-state index >= 15 is 9.59 Å². The maximum atomic E-state index is 15.3. The fourth-order valence-corrected chi connectivity index (χ4v) is 15.4. The molecule has 0 aromatic carbocycles. The SMILES string of the molecule is CCCCCCN1C(=O)c2c3nc(cc4[nH]c(cc5nc(cc6[nH]c2c(c6C)C1=O)C(CC)=C5C)c(/C=C/c1c(C)c2cc5nc(c6c7[nH]c(cc8nc(cc1[nH]2)C(C)=C8CC)c(C)c7C(=O)N(CCCCCC)C6=O)[C@@H](CCC(=O)OC)[C@@H]5C)c4C)[C@@H](C)[C@@H]3CCC(=O)OC. The van der Waals surface area contributed by atoms with Crippen molar-refractivity contribution in [1.29, 1.82) is 0 Å². The van der Waals surface area contributed by atoms with Crippen molar-refractivity contribution in [2.45, 2.75) is 197 Å². The van der Waals surface area contributed by atoms with Crippen molar-refractivity contribution in [3.8, 4) is 0 Å². The molecule has 6 aromatic rings. The number of unbranched alkanes of at least 4 members (excludes halogenated alkanes) is 6. The summed E-state index contributed by atoms with van der Waals surface area (Å²) in [7, 11) is 2.76. The van der Waals surface area contributed by atoms with Crippen molar-refractivity contribution in [2.24, 2.45) is 0 Å². The third kappa shape index (κ3) is 11.6. The van der Waals surface area contributed by atoms with Crippen LogP contribution in [0.25, 0.3) is 78.6 Å². The largest absolute Gasteiger partial charge is 0.469 e. The van der Waals surface area contributed by atoms with Crippen molar-refractivity contribution in [2.75, 3.05) is 27.3 Å². The zero-order valence-electron chi connectivity index (χ0n) is 58.2. The Kier molecular flexibility index (Phi) is 18.8. The maximum absolute atomic E-state index is 15.3. The first-order chi connectivity index (χ1) is 46.2. The first-order valence-electron chi connectivity index (χ1n) is 34.7. The van der Waals surface area contributed by atoms with Gasteiger partial charge in [-0.05, 0) is 161 Å². The predicted octanol–water partition coefficient (Wildman–Crippen LogP) is 17.1. The summed E-state index contributed by atoms with van der Waals surface area (Å²) < 4.78 is 10.4. The molecule has 96 heavy (non-hydrogen) atoms. The van der Waals surface area contributed by atoms with Crippen LogP contribution in [0.3, 0.4) is 0 Å². The van der Waals surface area contributed by atoms with Crippen molar-refractivity contribution >= 4 is 114 Å². The van der Waals surface area contributed by atoms with Crippen LogP contribution in [0.15, 0.2) is 36.4 Å². The van der Waals surface area contributed by atoms with E-state index in [9.17, 15) is 19.2 Å². The van der Waals surface area contributed by atoms with Crippen LogP contribution in [0, 0.1) is 27.7 Å². The lowest BCUT2D eigenvalue weighted by atomic mass is 9.84. The van der Waals surface area contributed by atoms with Gasteiger partial charge in [-0.15, -0.1) is 0 Å². The molecule has 12 heterocycles. The van der Waals surface area contributed by atoms with Gasteiger partial charge in [0.05, 0.1) is 81.7 Å². The number of fused-ring (bicyclic) bond motifs is 16. The molecule has 4 atom stereocenters. The molecule has 6 aliphatic rings. The van der Waals surface area contributed by atoms with E-state index in [1.807, 2.05) is 26.0 Å². The number of hydrogen-bond donors (Lipinski definition) is 4. The van der Waals surface area contributed by atoms with Crippen LogP contribution in [0.4, 0.5) is 0 Å². The molecular formula is C78H90N10O8. The van der Waals surface area contributed by atoms with Crippen LogP contribution in [-0.2, 0) is 19.1 Å². The number of nitrogens with zero attached hydrogens (tertiary/aromatic N) is 6. The molecule has 0 radical (unpaired) electrons. The molecule has 0 saturated heterocycles. The first kappa shape index (κ1) is 66.7. The van der Waals surface area contributed by atoms with Gasteiger partial charge in [-0.3, -0.25) is 48.5 Å². The summed E-state index contributed by atoms with van der Waals surface area (Å²) in [6.07, 6.45) is 13.7. The van der Waals surface area contributed by atoms with Crippen molar-refractivity contribution < 1.29 is 38.2 Å². The maximum Gasteiger partial charge on any atom is 0.305 e. The highest BCUT2D eigenvalue weighted by atomic mass is 16.5. The Labute approximate surface area is 560 Å². The molecule has 0 spiro atoms. The smallest absolute Gasteiger partial charge is 0.305 e. The Bertz CT molecular complexity index is 4440. The number of allylic oxidation sites excluding steroid dienone is 4. The minimum atomic E-state index is -0.400. The van der Waals surface area contributed by atoms with Crippen LogP contribution in [0.2, 0.25) is 0 Å². The summed E-state index contributed by atoms with van der Waals surface area (Å²) in [5, 5.41) is 0. The Morgan fingerprint density at radius 3 is 1.19 bits per heavy atom. The Morgan fingerprint density at radius 1 is 0.458 bits per heavy atom. The van der Waals surface area contributed by atoms with Gasteiger partial charge in [0.1, 0.15) is 0 Å². The second-order valence-corrected chi connectivity index (χ2v) is 26.9. The molecule has 4 N–H and O–H groups in total. The van der Waals surface area contributed by atoms with Gasteiger partial charge in [-0.2, -0.15) is 0 Å². The number of carbonyl (C=O) groups is 6. The molecule has 16 bridgehead atoms. The molecule has 0 saturated carbocycles. The zero-order valence-corrected chi connectivity index (χ0v) is 58.2. The molecule has 6 aromatic heterocycles. The van der Waals surface area contributed by atoms with Gasteiger partial charge in [-0.25, -0.2) is 9.97 Å². The highest BCUT2D eigenvalue weighted by Crippen LogP contribution is 2.47. The lowest BCUT2D eigenvalue weighted by Crippen LogP contribution is -2.41. The predicted molar refractivity (Wildman–Crippen MR) is 379 cm³/mol. The standard InChI is InChI=1S/C78H90N10O8/c1-15-19-21-23-31-87-75(91)67-45(11)59-37-61-47(17-3)39(5)55(79-61)35-63-49(41(7)53(81-63)33-57-43(9)51(27-29-65(89)95-13)71(83-57)69(77(87)93)73(67)85-59)25-26-50-42(8)54-34-58-44(10)52(28-30-66(90)96-14)72(84-58)70-74-68(76(92)88(78(70)94)32-24-22-20-16-2)46(12)60(86-74)38-62-48(18-4)40(6)56(80-62)36-64(50)82-54/h25-26,33-38,43-44,51-52,81-82,85-86H,15-24,27-32H2,1-14H3/b26-25+,53-33?,54-34?,55-35?,56-36?,57-33?,58-34?,59-37?,60-38?,61-37?,62-38?,63-35?,64-36?,71-69?,72-70?/t43-,44-,51-,52-/m0/s1. The molecular weight excluding hydrogens is 1200 g/mol. The summed E-state index contributed by atoms with van der Waals surface area (Å²) in [5.41, 5.74) is 21.9. The molecule has 500 valence electrons. The Balaban J connectivity index is 1.10. The summed E-state index contributed by atoms with van der Waals surface area (Å²) in [4.78, 5) is 125. The fourth-order valence-electron chi connectivity index (χ4n) is 15.4. The average Bonchev–Trinajstić information content (AvgIpc) is 1.53. The number of esters is 2. The Morgan fingerprint density at radius 2 is 0.823 bits per heavy atom. The average molecular weight is 1300 g/mol. The van der Waals surface area contributed by atoms with Crippen LogP contribution >= 0.6 is 0 Å². The van der Waals surface area contributed by atoms with Crippen LogP contribution in [0.5, 0.6) is 0 Å². The van der Waals surface area contributed by atoms with E-state index in [0.717, 1.165) is 150 Å². The van der Waals surface area contributed by atoms with Gasteiger partial charge >= 0.3 is 11.9 Å². The van der Waals surface area contributed by atoms with E-state index in [2.05, 4.69) is 126 Å². The van der Waals surface area contributed by atoms with E-state index in [1.54, 1.807) is 0 Å². The van der Waals surface area contributed by atoms with Gasteiger partial charge in [0.25, 0.3) is 23.6 Å². The number of methoxy groups -OCH3 is 2. The van der Waals surface area contributed by atoms with Gasteiger partial charge in [0.2, 0.25) is 0 Å². The van der Waals surface area contributed by atoms with Gasteiger partial charge in [0, 0.05) is 105 Å². The van der Waals surface area contributed by atoms with Gasteiger partial charge in [0.15, 0.2) is 0 Å². The quantitative estimate of drug-likeness (QED) is 0.0317. The normalized spacial score (nSPS) is 17.7. The molecule has 0 unspecified atom stereocenters. The number of H-pyrrole nitrogens is 4. The van der Waals surface area contributed by atoms with Crippen LogP contribution < -0.4 is 0 Å². The van der Waals surface area contributed by atoms with Gasteiger partial charge < -0.3 is 29.4 Å². The van der Waals surface area contributed by atoms with Crippen molar-refractivity contribution in [3.05, 3.63) is 138 Å². The minimum Gasteiger partial charge on any atom is -0.469 e. The molecule has 18 nitrogen and oxygen atoms in total. The molecule has 0 fully saturated rings. The van der Waals surface area contributed by atoms with E-state index in [1.165, 1.54) is 24.0 Å². The molecule has 12 rings (SSSR count). The monoisotopic (exact) mass is 1290 g/mol. The van der Waals surface area contributed by atoms with Crippen LogP contribution in [0.1, 0.15) is 289 Å². The number of carbonyl (C=O) groups excluding carboxylic acids is 6. The number of amides is 4. The molecule has 4 amide bonds. The number of nitrogens with one attached hydrogen (secondary N) is 4. The third-order valence-electron chi connectivity index (χ3n) is 21.4. The molecule has 18 heteroatoms. The fraction of sp³-hybridized carbons (Fsp3) is 0.436. The third-order valence-corrected chi connectivity index (χ3v) is 21.4. The van der Waals surface area contributed by atoms with Crippen molar-refractivity contribution in [1.82, 2.24) is 49.7 Å². The van der Waals surface area contributed by atoms with E-state index in [4.69, 9.17) is 29.4 Å². The second-order valence-electron chi connectivity index (χ2n) is 26.9. The lowest BCUT2D eigenvalue weighted by molar-refractivity contribution is -0.141. The van der Waals surface area contributed by atoms with E-state index in [0.29, 0.717) is 94.2 Å². The minimum absolute atomic E-state index is 0.104. The molecule has 0 aliphatic carbocycles. The topological polar surface area (TPSA) is 242 Å². The first-order valence-corrected chi connectivity index (χ1v) is 34.7. The number of aryl methyl sites for hydroxylation is 4. The number of aromatic nitrogens is 8. The summed E-state index contributed by atoms with van der Waals surface area (Å²) in [6, 6.07) is 12.4. The van der Waals surface area contributed by atoms with E-state index < -0.39 is 11.8 Å². The summed E-state index contributed by atoms with van der Waals surface area (Å²) in [5.74, 6) is -3.48. The zero-order chi connectivity index (χ0) is 68.3.